The molecule has 20 heavy (non-hydrogen) atoms. The van der Waals surface area contributed by atoms with E-state index >= 15 is 0 Å². The van der Waals surface area contributed by atoms with Gasteiger partial charge < -0.3 is 4.74 Å². The number of ether oxygens (including phenoxy) is 1. The van der Waals surface area contributed by atoms with E-state index in [1.54, 1.807) is 18.0 Å². The van der Waals surface area contributed by atoms with Crippen molar-refractivity contribution in [2.24, 2.45) is 0 Å². The summed E-state index contributed by atoms with van der Waals surface area (Å²) in [5.41, 5.74) is 0.132. The average Bonchev–Trinajstić information content (AvgIpc) is 2.78. The third-order valence-electron chi connectivity index (χ3n) is 3.97. The molecule has 0 atom stereocenters. The third-order valence-corrected chi connectivity index (χ3v) is 4.55. The Hall–Kier alpha value is -0.720. The number of ketones is 1. The molecule has 0 bridgehead atoms. The molecule has 0 aliphatic rings. The molecule has 0 unspecified atom stereocenters. The van der Waals surface area contributed by atoms with E-state index in [1.807, 2.05) is 32.8 Å². The van der Waals surface area contributed by atoms with Crippen molar-refractivity contribution in [1.29, 1.82) is 0 Å². The molecule has 0 amide bonds. The normalized spacial score (nSPS) is 12.2. The highest BCUT2D eigenvalue weighted by Gasteiger charge is 2.40. The van der Waals surface area contributed by atoms with E-state index in [0.717, 1.165) is 17.3 Å². The van der Waals surface area contributed by atoms with E-state index in [2.05, 4.69) is 21.0 Å². The highest BCUT2D eigenvalue weighted by atomic mass is 79.9. The number of rotatable bonds is 8. The van der Waals surface area contributed by atoms with Crippen LogP contribution in [0.4, 0.5) is 0 Å². The Balaban J connectivity index is 3.21. The number of Topliss-reactive ketones (excluding diaryl/α,β-unsaturated/α-hetero) is 1. The van der Waals surface area contributed by atoms with Crippen molar-refractivity contribution in [3.8, 4) is 0 Å². The number of carbonyl (C=O) groups is 1. The van der Waals surface area contributed by atoms with E-state index in [1.165, 1.54) is 0 Å². The maximum atomic E-state index is 13.1. The van der Waals surface area contributed by atoms with E-state index < -0.39 is 5.54 Å². The van der Waals surface area contributed by atoms with Gasteiger partial charge in [-0.1, -0.05) is 13.8 Å². The summed E-state index contributed by atoms with van der Waals surface area (Å²) in [4.78, 5) is 15.1. The number of hydrogen-bond acceptors (Lipinski definition) is 4. The van der Waals surface area contributed by atoms with E-state index in [0.29, 0.717) is 18.8 Å². The summed E-state index contributed by atoms with van der Waals surface area (Å²) in [5, 5.41) is 4.27. The molecule has 114 valence electrons. The highest BCUT2D eigenvalue weighted by Crippen LogP contribution is 2.29. The van der Waals surface area contributed by atoms with Crippen molar-refractivity contribution in [3.05, 3.63) is 16.4 Å². The minimum Gasteiger partial charge on any atom is -0.383 e. The quantitative estimate of drug-likeness (QED) is 0.679. The molecule has 0 saturated heterocycles. The molecule has 0 radical (unpaired) electrons. The number of carbonyl (C=O) groups excluding carboxylic acids is 1. The molecule has 5 nitrogen and oxygen atoms in total. The first-order chi connectivity index (χ1) is 9.44. The lowest BCUT2D eigenvalue weighted by molar-refractivity contribution is 0.0640. The number of methoxy groups -OCH3 is 1. The molecule has 1 aromatic rings. The van der Waals surface area contributed by atoms with Gasteiger partial charge in [0.1, 0.15) is 5.69 Å². The van der Waals surface area contributed by atoms with Gasteiger partial charge in [-0.25, -0.2) is 0 Å². The van der Waals surface area contributed by atoms with Crippen LogP contribution in [0.15, 0.2) is 10.7 Å². The van der Waals surface area contributed by atoms with Gasteiger partial charge in [-0.3, -0.25) is 14.4 Å². The van der Waals surface area contributed by atoms with Crippen LogP contribution < -0.4 is 0 Å². The fraction of sp³-hybridized carbons (Fsp3) is 0.714. The molecule has 1 rings (SSSR count). The smallest absolute Gasteiger partial charge is 0.202 e. The predicted octanol–water partition coefficient (Wildman–Crippen LogP) is 2.60. The number of hydrogen-bond donors (Lipinski definition) is 0. The SMILES string of the molecule is CCC(CC)(C(=O)c1c(Br)cnn1CCOC)N(C)C. The van der Waals surface area contributed by atoms with Crippen LogP contribution in [0, 0.1) is 0 Å². The zero-order valence-corrected chi connectivity index (χ0v) is 14.5. The Kier molecular flexibility index (Phi) is 6.36. The van der Waals surface area contributed by atoms with Gasteiger partial charge in [0.05, 0.1) is 29.4 Å². The van der Waals surface area contributed by atoms with Gasteiger partial charge in [0.15, 0.2) is 0 Å². The van der Waals surface area contributed by atoms with Crippen LogP contribution >= 0.6 is 15.9 Å². The van der Waals surface area contributed by atoms with E-state index in [9.17, 15) is 4.79 Å². The predicted molar refractivity (Wildman–Crippen MR) is 83.1 cm³/mol. The lowest BCUT2D eigenvalue weighted by atomic mass is 9.85. The minimum absolute atomic E-state index is 0.105. The summed E-state index contributed by atoms with van der Waals surface area (Å²) >= 11 is 3.45. The molecule has 1 aromatic heterocycles. The van der Waals surface area contributed by atoms with Crippen molar-refractivity contribution < 1.29 is 9.53 Å². The van der Waals surface area contributed by atoms with Crippen molar-refractivity contribution in [3.63, 3.8) is 0 Å². The summed E-state index contributed by atoms with van der Waals surface area (Å²) in [7, 11) is 5.55. The van der Waals surface area contributed by atoms with Crippen LogP contribution in [0.25, 0.3) is 0 Å². The van der Waals surface area contributed by atoms with E-state index in [-0.39, 0.29) is 5.78 Å². The van der Waals surface area contributed by atoms with Gasteiger partial charge >= 0.3 is 0 Å². The van der Waals surface area contributed by atoms with Crippen molar-refractivity contribution in [1.82, 2.24) is 14.7 Å². The van der Waals surface area contributed by atoms with Gasteiger partial charge in [-0.05, 0) is 42.9 Å². The van der Waals surface area contributed by atoms with Crippen molar-refractivity contribution >= 4 is 21.7 Å². The topological polar surface area (TPSA) is 47.4 Å². The Bertz CT molecular complexity index is 453. The van der Waals surface area contributed by atoms with Gasteiger partial charge in [-0.2, -0.15) is 5.10 Å². The van der Waals surface area contributed by atoms with Crippen molar-refractivity contribution in [2.45, 2.75) is 38.8 Å². The minimum atomic E-state index is -0.493. The van der Waals surface area contributed by atoms with Crippen LogP contribution in [0.2, 0.25) is 0 Å². The molecule has 0 aromatic carbocycles. The first-order valence-electron chi connectivity index (χ1n) is 6.87. The molecular weight excluding hydrogens is 322 g/mol. The zero-order valence-electron chi connectivity index (χ0n) is 12.9. The summed E-state index contributed by atoms with van der Waals surface area (Å²) in [6.07, 6.45) is 3.20. The summed E-state index contributed by atoms with van der Waals surface area (Å²) < 4.78 is 7.54. The first-order valence-corrected chi connectivity index (χ1v) is 7.66. The summed E-state index contributed by atoms with van der Waals surface area (Å²) in [6, 6.07) is 0. The standard InChI is InChI=1S/C14H24BrN3O2/c1-6-14(7-2,17(3)4)13(19)12-11(15)10-16-18(12)8-9-20-5/h10H,6-9H2,1-5H3. The average molecular weight is 346 g/mol. The van der Waals surface area contributed by atoms with Crippen LogP contribution in [-0.2, 0) is 11.3 Å². The molecule has 0 spiro atoms. The van der Waals surface area contributed by atoms with Gasteiger partial charge in [0, 0.05) is 7.11 Å². The first kappa shape index (κ1) is 17.3. The molecular formula is C14H24BrN3O2. The number of likely N-dealkylation sites (N-methyl/N-ethyl adjacent to an activating group) is 1. The molecule has 0 aliphatic heterocycles. The Labute approximate surface area is 129 Å². The second kappa shape index (κ2) is 7.33. The van der Waals surface area contributed by atoms with Gasteiger partial charge in [-0.15, -0.1) is 0 Å². The van der Waals surface area contributed by atoms with E-state index in [4.69, 9.17) is 4.74 Å². The molecule has 1 heterocycles. The van der Waals surface area contributed by atoms with Crippen molar-refractivity contribution in [2.75, 3.05) is 27.8 Å². The maximum absolute atomic E-state index is 13.1. The fourth-order valence-electron chi connectivity index (χ4n) is 2.56. The number of nitrogens with zero attached hydrogens (tertiary/aromatic N) is 3. The Morgan fingerprint density at radius 1 is 1.45 bits per heavy atom. The molecule has 0 saturated carbocycles. The second-order valence-electron chi connectivity index (χ2n) is 5.02. The van der Waals surface area contributed by atoms with Gasteiger partial charge in [0.2, 0.25) is 5.78 Å². The third kappa shape index (κ3) is 3.13. The number of aromatic nitrogens is 2. The van der Waals surface area contributed by atoms with Crippen LogP contribution in [0.5, 0.6) is 0 Å². The summed E-state index contributed by atoms with van der Waals surface area (Å²) in [5.74, 6) is 0.105. The molecule has 0 N–H and O–H groups in total. The number of halogens is 1. The lowest BCUT2D eigenvalue weighted by Gasteiger charge is -2.37. The van der Waals surface area contributed by atoms with Gasteiger partial charge in [0.25, 0.3) is 0 Å². The molecule has 0 aliphatic carbocycles. The second-order valence-corrected chi connectivity index (χ2v) is 5.87. The molecule has 6 heteroatoms. The lowest BCUT2D eigenvalue weighted by Crippen LogP contribution is -2.51. The van der Waals surface area contributed by atoms with Crippen LogP contribution in [0.1, 0.15) is 37.2 Å². The zero-order chi connectivity index (χ0) is 15.3. The Morgan fingerprint density at radius 3 is 2.50 bits per heavy atom. The largest absolute Gasteiger partial charge is 0.383 e. The maximum Gasteiger partial charge on any atom is 0.202 e. The van der Waals surface area contributed by atoms with Crippen LogP contribution in [0.3, 0.4) is 0 Å². The fourth-order valence-corrected chi connectivity index (χ4v) is 3.04. The Morgan fingerprint density at radius 2 is 2.05 bits per heavy atom. The summed E-state index contributed by atoms with van der Waals surface area (Å²) in [6.45, 7) is 5.19. The highest BCUT2D eigenvalue weighted by molar-refractivity contribution is 9.10. The molecule has 0 fully saturated rings. The monoisotopic (exact) mass is 345 g/mol. The van der Waals surface area contributed by atoms with Crippen LogP contribution in [-0.4, -0.2) is 53.8 Å².